The lowest BCUT2D eigenvalue weighted by Gasteiger charge is -2.10. The number of aryl methyl sites for hydroxylation is 1. The quantitative estimate of drug-likeness (QED) is 0.882. The summed E-state index contributed by atoms with van der Waals surface area (Å²) < 4.78 is 14.9. The molecule has 1 fully saturated rings. The second-order valence-electron chi connectivity index (χ2n) is 5.96. The van der Waals surface area contributed by atoms with E-state index in [1.165, 1.54) is 0 Å². The van der Waals surface area contributed by atoms with Gasteiger partial charge >= 0.3 is 0 Å². The molecule has 122 valence electrons. The van der Waals surface area contributed by atoms with Crippen molar-refractivity contribution in [2.24, 2.45) is 0 Å². The van der Waals surface area contributed by atoms with Crippen molar-refractivity contribution in [3.8, 4) is 0 Å². The van der Waals surface area contributed by atoms with Crippen LogP contribution in [0.1, 0.15) is 28.0 Å². The van der Waals surface area contributed by atoms with Gasteiger partial charge in [-0.3, -0.25) is 9.48 Å². The van der Waals surface area contributed by atoms with Gasteiger partial charge in [-0.2, -0.15) is 5.10 Å². The van der Waals surface area contributed by atoms with Crippen molar-refractivity contribution < 1.29 is 9.18 Å². The summed E-state index contributed by atoms with van der Waals surface area (Å²) in [5, 5.41) is 10.3. The number of nitrogens with one attached hydrogen (secondary N) is 2. The summed E-state index contributed by atoms with van der Waals surface area (Å²) in [5.74, 6) is -0.161. The molecule has 2 aromatic rings. The molecule has 1 aliphatic heterocycles. The summed E-state index contributed by atoms with van der Waals surface area (Å²) in [6.45, 7) is 3.25. The number of hydrogen-bond acceptors (Lipinski definition) is 3. The highest BCUT2D eigenvalue weighted by Crippen LogP contribution is 2.11. The maximum Gasteiger partial charge on any atom is 0.254 e. The molecule has 0 radical (unpaired) electrons. The number of carbonyl (C=O) groups excluding carboxylic acids is 1. The van der Waals surface area contributed by atoms with E-state index in [1.54, 1.807) is 10.9 Å². The first-order valence-corrected chi connectivity index (χ1v) is 7.85. The molecule has 0 saturated carbocycles. The molecule has 2 atom stereocenters. The van der Waals surface area contributed by atoms with Crippen LogP contribution in [0.2, 0.25) is 0 Å². The van der Waals surface area contributed by atoms with Crippen molar-refractivity contribution >= 4 is 5.91 Å². The van der Waals surface area contributed by atoms with Crippen LogP contribution in [0.3, 0.4) is 0 Å². The van der Waals surface area contributed by atoms with Gasteiger partial charge in [-0.1, -0.05) is 30.3 Å². The van der Waals surface area contributed by atoms with Gasteiger partial charge in [0.1, 0.15) is 6.17 Å². The molecule has 23 heavy (non-hydrogen) atoms. The van der Waals surface area contributed by atoms with E-state index >= 15 is 0 Å². The Kier molecular flexibility index (Phi) is 4.71. The first-order chi connectivity index (χ1) is 11.1. The predicted octanol–water partition coefficient (Wildman–Crippen LogP) is 1.67. The molecule has 0 bridgehead atoms. The van der Waals surface area contributed by atoms with E-state index in [0.717, 1.165) is 5.56 Å². The highest BCUT2D eigenvalue weighted by Gasteiger charge is 2.24. The van der Waals surface area contributed by atoms with Crippen LogP contribution in [0.15, 0.2) is 36.5 Å². The van der Waals surface area contributed by atoms with Crippen LogP contribution in [-0.2, 0) is 6.54 Å². The molecule has 0 aliphatic carbocycles. The lowest BCUT2D eigenvalue weighted by Crippen LogP contribution is -2.37. The Balaban J connectivity index is 1.60. The minimum atomic E-state index is -0.813. The number of nitrogens with zero attached hydrogens (tertiary/aromatic N) is 2. The standard InChI is InChI=1S/C17H21FN4O/c1-12-16(17(23)20-9-15-7-14(18)8-19-15)11-22(21-12)10-13-5-3-2-4-6-13/h2-6,11,14-15,19H,7-10H2,1H3,(H,20,23)/t14-,15-/m0/s1. The number of benzene rings is 1. The molecule has 1 aromatic carbocycles. The third-order valence-corrected chi connectivity index (χ3v) is 4.06. The second-order valence-corrected chi connectivity index (χ2v) is 5.96. The minimum absolute atomic E-state index is 0.00798. The van der Waals surface area contributed by atoms with E-state index in [2.05, 4.69) is 15.7 Å². The molecule has 3 rings (SSSR count). The molecule has 1 aromatic heterocycles. The lowest BCUT2D eigenvalue weighted by molar-refractivity contribution is 0.0949. The molecule has 2 N–H and O–H groups in total. The maximum atomic E-state index is 13.1. The first-order valence-electron chi connectivity index (χ1n) is 7.85. The molecule has 6 heteroatoms. The molecule has 0 spiro atoms. The smallest absolute Gasteiger partial charge is 0.254 e. The Hall–Kier alpha value is -2.21. The zero-order chi connectivity index (χ0) is 16.2. The molecule has 1 amide bonds. The van der Waals surface area contributed by atoms with Gasteiger partial charge < -0.3 is 10.6 Å². The number of rotatable bonds is 5. The van der Waals surface area contributed by atoms with Crippen LogP contribution in [0.25, 0.3) is 0 Å². The number of carbonyl (C=O) groups is 1. The van der Waals surface area contributed by atoms with Crippen LogP contribution >= 0.6 is 0 Å². The fraction of sp³-hybridized carbons (Fsp3) is 0.412. The van der Waals surface area contributed by atoms with Crippen LogP contribution in [0.4, 0.5) is 4.39 Å². The Labute approximate surface area is 134 Å². The average molecular weight is 316 g/mol. The summed E-state index contributed by atoms with van der Waals surface area (Å²) >= 11 is 0. The zero-order valence-corrected chi connectivity index (χ0v) is 13.1. The van der Waals surface area contributed by atoms with Crippen molar-refractivity contribution in [3.05, 3.63) is 53.3 Å². The summed E-state index contributed by atoms with van der Waals surface area (Å²) in [4.78, 5) is 12.3. The van der Waals surface area contributed by atoms with Gasteiger partial charge in [0.2, 0.25) is 0 Å². The van der Waals surface area contributed by atoms with Gasteiger partial charge in [-0.05, 0) is 18.9 Å². The molecular weight excluding hydrogens is 295 g/mol. The second kappa shape index (κ2) is 6.91. The van der Waals surface area contributed by atoms with Gasteiger partial charge in [0.05, 0.1) is 17.8 Å². The first kappa shape index (κ1) is 15.7. The Morgan fingerprint density at radius 1 is 1.43 bits per heavy atom. The highest BCUT2D eigenvalue weighted by atomic mass is 19.1. The lowest BCUT2D eigenvalue weighted by atomic mass is 10.2. The maximum absolute atomic E-state index is 13.1. The van der Waals surface area contributed by atoms with E-state index < -0.39 is 6.17 Å². The summed E-state index contributed by atoms with van der Waals surface area (Å²) in [6.07, 6.45) is 1.40. The molecule has 0 unspecified atom stereocenters. The number of amides is 1. The van der Waals surface area contributed by atoms with Crippen LogP contribution < -0.4 is 10.6 Å². The van der Waals surface area contributed by atoms with Crippen LogP contribution in [-0.4, -0.2) is 41.0 Å². The van der Waals surface area contributed by atoms with Gasteiger partial charge in [-0.25, -0.2) is 4.39 Å². The highest BCUT2D eigenvalue weighted by molar-refractivity contribution is 5.95. The molecule has 1 saturated heterocycles. The minimum Gasteiger partial charge on any atom is -0.350 e. The summed E-state index contributed by atoms with van der Waals surface area (Å²) in [5.41, 5.74) is 2.39. The Morgan fingerprint density at radius 3 is 2.91 bits per heavy atom. The fourth-order valence-electron chi connectivity index (χ4n) is 2.83. The number of alkyl halides is 1. The van der Waals surface area contributed by atoms with E-state index in [4.69, 9.17) is 0 Å². The monoisotopic (exact) mass is 316 g/mol. The fourth-order valence-corrected chi connectivity index (χ4v) is 2.83. The third-order valence-electron chi connectivity index (χ3n) is 4.06. The van der Waals surface area contributed by atoms with E-state index in [9.17, 15) is 9.18 Å². The Bertz CT molecular complexity index is 670. The van der Waals surface area contributed by atoms with Crippen molar-refractivity contribution in [2.75, 3.05) is 13.1 Å². The summed E-state index contributed by atoms with van der Waals surface area (Å²) in [7, 11) is 0. The predicted molar refractivity (Wildman–Crippen MR) is 86.1 cm³/mol. The van der Waals surface area contributed by atoms with E-state index in [0.29, 0.717) is 37.3 Å². The van der Waals surface area contributed by atoms with Crippen molar-refractivity contribution in [2.45, 2.75) is 32.1 Å². The van der Waals surface area contributed by atoms with Gasteiger partial charge in [0, 0.05) is 25.3 Å². The van der Waals surface area contributed by atoms with Crippen LogP contribution in [0.5, 0.6) is 0 Å². The van der Waals surface area contributed by atoms with E-state index in [-0.39, 0.29) is 11.9 Å². The third kappa shape index (κ3) is 3.96. The van der Waals surface area contributed by atoms with Crippen LogP contribution in [0, 0.1) is 6.92 Å². The molecule has 1 aliphatic rings. The van der Waals surface area contributed by atoms with Gasteiger partial charge in [0.15, 0.2) is 0 Å². The topological polar surface area (TPSA) is 59.0 Å². The zero-order valence-electron chi connectivity index (χ0n) is 13.1. The van der Waals surface area contributed by atoms with Crippen molar-refractivity contribution in [1.29, 1.82) is 0 Å². The molecular formula is C17H21FN4O. The largest absolute Gasteiger partial charge is 0.350 e. The average Bonchev–Trinajstić information content (AvgIpc) is 3.12. The molecule has 5 nitrogen and oxygen atoms in total. The van der Waals surface area contributed by atoms with Gasteiger partial charge in [-0.15, -0.1) is 0 Å². The number of aromatic nitrogens is 2. The number of halogens is 1. The van der Waals surface area contributed by atoms with Crippen molar-refractivity contribution in [1.82, 2.24) is 20.4 Å². The van der Waals surface area contributed by atoms with Gasteiger partial charge in [0.25, 0.3) is 5.91 Å². The van der Waals surface area contributed by atoms with Crippen molar-refractivity contribution in [3.63, 3.8) is 0 Å². The normalized spacial score (nSPS) is 20.6. The molecule has 2 heterocycles. The van der Waals surface area contributed by atoms with E-state index in [1.807, 2.05) is 37.3 Å². The SMILES string of the molecule is Cc1nn(Cc2ccccc2)cc1C(=O)NC[C@@H]1C[C@H](F)CN1. The summed E-state index contributed by atoms with van der Waals surface area (Å²) in [6, 6.07) is 9.98. The Morgan fingerprint density at radius 2 is 2.22 bits per heavy atom. The number of hydrogen-bond donors (Lipinski definition) is 2.